The zero-order valence-electron chi connectivity index (χ0n) is 15.9. The molecule has 0 spiro atoms. The van der Waals surface area contributed by atoms with Crippen LogP contribution in [0.5, 0.6) is 11.5 Å². The van der Waals surface area contributed by atoms with Gasteiger partial charge in [0, 0.05) is 0 Å². The molecule has 0 aliphatic rings. The van der Waals surface area contributed by atoms with Gasteiger partial charge in [-0.15, -0.1) is 0 Å². The van der Waals surface area contributed by atoms with Gasteiger partial charge < -0.3 is 9.47 Å². The Morgan fingerprint density at radius 3 is 1.96 bits per heavy atom. The summed E-state index contributed by atoms with van der Waals surface area (Å²) in [5.41, 5.74) is 2.28. The summed E-state index contributed by atoms with van der Waals surface area (Å²) in [6.07, 6.45) is 3.32. The van der Waals surface area contributed by atoms with Crippen LogP contribution in [0.15, 0.2) is 72.8 Å². The molecule has 0 saturated heterocycles. The van der Waals surface area contributed by atoms with Crippen molar-refractivity contribution in [2.45, 2.75) is 26.2 Å². The first kappa shape index (κ1) is 19.6. The fourth-order valence-corrected chi connectivity index (χ4v) is 2.75. The van der Waals surface area contributed by atoms with Crippen LogP contribution in [0.3, 0.4) is 0 Å². The molecule has 3 aromatic rings. The molecule has 3 nitrogen and oxygen atoms in total. The molecular weight excluding hydrogens is 355 g/mol. The number of hydrogen-bond donors (Lipinski definition) is 0. The third-order valence-electron chi connectivity index (χ3n) is 4.35. The Morgan fingerprint density at radius 2 is 1.36 bits per heavy atom. The predicted molar refractivity (Wildman–Crippen MR) is 108 cm³/mol. The van der Waals surface area contributed by atoms with Crippen LogP contribution in [0.4, 0.5) is 4.39 Å². The third kappa shape index (κ3) is 5.43. The van der Waals surface area contributed by atoms with Crippen molar-refractivity contribution < 1.29 is 18.7 Å². The summed E-state index contributed by atoms with van der Waals surface area (Å²) in [6.45, 7) is 2.83. The van der Waals surface area contributed by atoms with Crippen LogP contribution in [0.2, 0.25) is 0 Å². The molecule has 0 saturated carbocycles. The van der Waals surface area contributed by atoms with Crippen LogP contribution in [0.1, 0.15) is 36.5 Å². The van der Waals surface area contributed by atoms with Crippen molar-refractivity contribution in [1.29, 1.82) is 0 Å². The van der Waals surface area contributed by atoms with Crippen molar-refractivity contribution in [3.63, 3.8) is 0 Å². The van der Waals surface area contributed by atoms with E-state index in [0.717, 1.165) is 36.1 Å². The number of rotatable bonds is 8. The lowest BCUT2D eigenvalue weighted by atomic mass is 10.1. The highest BCUT2D eigenvalue weighted by molar-refractivity contribution is 5.91. The summed E-state index contributed by atoms with van der Waals surface area (Å²) in [5.74, 6) is 0.505. The van der Waals surface area contributed by atoms with Crippen LogP contribution >= 0.6 is 0 Å². The lowest BCUT2D eigenvalue weighted by Crippen LogP contribution is -2.08. The van der Waals surface area contributed by atoms with E-state index >= 15 is 0 Å². The first-order valence-electron chi connectivity index (χ1n) is 9.47. The first-order chi connectivity index (χ1) is 13.7. The summed E-state index contributed by atoms with van der Waals surface area (Å²) in [6, 6.07) is 20.3. The van der Waals surface area contributed by atoms with Gasteiger partial charge in [-0.3, -0.25) is 0 Å². The Morgan fingerprint density at radius 1 is 0.786 bits per heavy atom. The molecule has 0 aromatic heterocycles. The van der Waals surface area contributed by atoms with Crippen LogP contribution < -0.4 is 9.47 Å². The van der Waals surface area contributed by atoms with Gasteiger partial charge in [-0.25, -0.2) is 9.18 Å². The number of unbranched alkanes of at least 4 members (excludes halogenated alkanes) is 2. The Hall–Kier alpha value is -3.14. The van der Waals surface area contributed by atoms with Gasteiger partial charge in [0.05, 0.1) is 12.2 Å². The molecule has 3 rings (SSSR count). The maximum absolute atomic E-state index is 13.0. The quantitative estimate of drug-likeness (QED) is 0.263. The molecule has 4 heteroatoms. The van der Waals surface area contributed by atoms with E-state index in [1.54, 1.807) is 48.5 Å². The highest BCUT2D eigenvalue weighted by Crippen LogP contribution is 2.23. The lowest BCUT2D eigenvalue weighted by Gasteiger charge is -2.08. The molecule has 3 aromatic carbocycles. The van der Waals surface area contributed by atoms with Gasteiger partial charge in [-0.05, 0) is 66.1 Å². The van der Waals surface area contributed by atoms with Crippen LogP contribution in [0, 0.1) is 5.82 Å². The number of esters is 1. The minimum Gasteiger partial charge on any atom is -0.494 e. The SMILES string of the molecule is CCCCCOc1ccc(C(=O)Oc2ccc(-c3ccc(F)cc3)cc2)cc1. The van der Waals surface area contributed by atoms with Gasteiger partial charge in [0.15, 0.2) is 0 Å². The second kappa shape index (κ2) is 9.70. The van der Waals surface area contributed by atoms with Crippen LogP contribution in [0.25, 0.3) is 11.1 Å². The molecular formula is C24H23FO3. The maximum Gasteiger partial charge on any atom is 0.343 e. The molecule has 0 fully saturated rings. The molecule has 144 valence electrons. The van der Waals surface area contributed by atoms with E-state index in [1.807, 2.05) is 12.1 Å². The first-order valence-corrected chi connectivity index (χ1v) is 9.47. The van der Waals surface area contributed by atoms with Crippen LogP contribution in [-0.4, -0.2) is 12.6 Å². The van der Waals surface area contributed by atoms with Gasteiger partial charge in [0.25, 0.3) is 0 Å². The van der Waals surface area contributed by atoms with E-state index in [1.165, 1.54) is 12.1 Å². The van der Waals surface area contributed by atoms with Crippen molar-refractivity contribution in [2.75, 3.05) is 6.61 Å². The molecule has 0 bridgehead atoms. The van der Waals surface area contributed by atoms with Crippen molar-refractivity contribution in [3.8, 4) is 22.6 Å². The monoisotopic (exact) mass is 378 g/mol. The standard InChI is InChI=1S/C24H23FO3/c1-2-3-4-17-27-22-13-9-20(10-14-22)24(26)28-23-15-7-19(8-16-23)18-5-11-21(25)12-6-18/h5-16H,2-4,17H2,1H3. The average molecular weight is 378 g/mol. The summed E-state index contributed by atoms with van der Waals surface area (Å²) < 4.78 is 24.1. The second-order valence-corrected chi connectivity index (χ2v) is 6.50. The van der Waals surface area contributed by atoms with E-state index < -0.39 is 5.97 Å². The minimum absolute atomic E-state index is 0.272. The smallest absolute Gasteiger partial charge is 0.343 e. The summed E-state index contributed by atoms with van der Waals surface area (Å²) >= 11 is 0. The molecule has 0 amide bonds. The fourth-order valence-electron chi connectivity index (χ4n) is 2.75. The van der Waals surface area contributed by atoms with Gasteiger partial charge in [0.2, 0.25) is 0 Å². The molecule has 0 aliphatic carbocycles. The topological polar surface area (TPSA) is 35.5 Å². The van der Waals surface area contributed by atoms with Gasteiger partial charge in [-0.1, -0.05) is 44.0 Å². The molecule has 0 aliphatic heterocycles. The minimum atomic E-state index is -0.424. The highest BCUT2D eigenvalue weighted by Gasteiger charge is 2.09. The number of carbonyl (C=O) groups is 1. The van der Waals surface area contributed by atoms with E-state index in [0.29, 0.717) is 17.9 Å². The van der Waals surface area contributed by atoms with Crippen molar-refractivity contribution in [3.05, 3.63) is 84.2 Å². The zero-order chi connectivity index (χ0) is 19.8. The molecule has 0 N–H and O–H groups in total. The largest absolute Gasteiger partial charge is 0.494 e. The predicted octanol–water partition coefficient (Wildman–Crippen LogP) is 6.28. The Bertz CT molecular complexity index is 885. The average Bonchev–Trinajstić information content (AvgIpc) is 2.73. The van der Waals surface area contributed by atoms with E-state index in [9.17, 15) is 9.18 Å². The zero-order valence-corrected chi connectivity index (χ0v) is 15.9. The number of carbonyl (C=O) groups excluding carboxylic acids is 1. The Balaban J connectivity index is 1.57. The summed E-state index contributed by atoms with van der Waals surface area (Å²) in [7, 11) is 0. The van der Waals surface area contributed by atoms with Gasteiger partial charge in [0.1, 0.15) is 17.3 Å². The van der Waals surface area contributed by atoms with Crippen molar-refractivity contribution >= 4 is 5.97 Å². The molecule has 0 atom stereocenters. The lowest BCUT2D eigenvalue weighted by molar-refractivity contribution is 0.0734. The van der Waals surface area contributed by atoms with Crippen molar-refractivity contribution in [2.24, 2.45) is 0 Å². The van der Waals surface area contributed by atoms with Crippen molar-refractivity contribution in [1.82, 2.24) is 0 Å². The Labute approximate surface area is 164 Å². The summed E-state index contributed by atoms with van der Waals surface area (Å²) in [4.78, 5) is 12.3. The highest BCUT2D eigenvalue weighted by atomic mass is 19.1. The normalized spacial score (nSPS) is 10.5. The molecule has 28 heavy (non-hydrogen) atoms. The van der Waals surface area contributed by atoms with E-state index in [2.05, 4.69) is 6.92 Å². The number of benzene rings is 3. The summed E-state index contributed by atoms with van der Waals surface area (Å²) in [5, 5.41) is 0. The fraction of sp³-hybridized carbons (Fsp3) is 0.208. The number of ether oxygens (including phenoxy) is 2. The molecule has 0 unspecified atom stereocenters. The molecule has 0 radical (unpaired) electrons. The number of hydrogen-bond acceptors (Lipinski definition) is 3. The second-order valence-electron chi connectivity index (χ2n) is 6.50. The molecule has 0 heterocycles. The van der Waals surface area contributed by atoms with Crippen LogP contribution in [-0.2, 0) is 0 Å². The van der Waals surface area contributed by atoms with E-state index in [-0.39, 0.29) is 5.82 Å². The third-order valence-corrected chi connectivity index (χ3v) is 4.35. The Kier molecular flexibility index (Phi) is 6.79. The van der Waals surface area contributed by atoms with E-state index in [4.69, 9.17) is 9.47 Å². The van der Waals surface area contributed by atoms with Gasteiger partial charge in [-0.2, -0.15) is 0 Å². The van der Waals surface area contributed by atoms with Gasteiger partial charge >= 0.3 is 5.97 Å². The number of halogens is 1. The maximum atomic E-state index is 13.0.